The first-order valence-electron chi connectivity index (χ1n) is 11.5. The Balaban J connectivity index is 1.80. The van der Waals surface area contributed by atoms with Gasteiger partial charge in [-0.2, -0.15) is 0 Å². The summed E-state index contributed by atoms with van der Waals surface area (Å²) in [5, 5.41) is 7.03. The van der Waals surface area contributed by atoms with Gasteiger partial charge in [0.1, 0.15) is 29.2 Å². The van der Waals surface area contributed by atoms with Crippen LogP contribution in [0.1, 0.15) is 42.7 Å². The van der Waals surface area contributed by atoms with E-state index in [1.165, 1.54) is 19.2 Å². The fourth-order valence-electron chi connectivity index (χ4n) is 3.86. The molecule has 9 nitrogen and oxygen atoms in total. The van der Waals surface area contributed by atoms with Crippen molar-refractivity contribution in [3.05, 3.63) is 83.5 Å². The number of nitrogens with zero attached hydrogens (tertiary/aromatic N) is 6. The van der Waals surface area contributed by atoms with Gasteiger partial charge < -0.3 is 4.74 Å². The molecule has 0 fully saturated rings. The van der Waals surface area contributed by atoms with Crippen molar-refractivity contribution < 1.29 is 21.9 Å². The van der Waals surface area contributed by atoms with E-state index >= 15 is 0 Å². The standard InChI is InChI=1S/C25H26F2N6O3S/c1-5-36-23(24-29-11-16(3)12-30-24)17(4)37(34,35)14-21-31-32-25(18-9-15(2)10-28-13-18)33(21)22-19(26)7-6-8-20(22)27/h6-13,17,23H,5,14H2,1-4H3/t17-,23-/m0/s1. The fourth-order valence-corrected chi connectivity index (χ4v) is 5.25. The zero-order valence-electron chi connectivity index (χ0n) is 20.8. The lowest BCUT2D eigenvalue weighted by molar-refractivity contribution is 0.0556. The maximum absolute atomic E-state index is 14.9. The van der Waals surface area contributed by atoms with E-state index in [2.05, 4.69) is 25.1 Å². The van der Waals surface area contributed by atoms with Crippen molar-refractivity contribution in [1.29, 1.82) is 0 Å². The van der Waals surface area contributed by atoms with Crippen LogP contribution in [0, 0.1) is 25.5 Å². The number of hydrogen-bond acceptors (Lipinski definition) is 8. The van der Waals surface area contributed by atoms with Gasteiger partial charge in [0.2, 0.25) is 0 Å². The number of aryl methyl sites for hydroxylation is 2. The van der Waals surface area contributed by atoms with Crippen LogP contribution in [0.2, 0.25) is 0 Å². The number of ether oxygens (including phenoxy) is 1. The molecule has 194 valence electrons. The summed E-state index contributed by atoms with van der Waals surface area (Å²) in [4.78, 5) is 12.6. The monoisotopic (exact) mass is 528 g/mol. The van der Waals surface area contributed by atoms with E-state index in [1.54, 1.807) is 38.5 Å². The highest BCUT2D eigenvalue weighted by atomic mass is 32.2. The Hall–Kier alpha value is -3.64. The van der Waals surface area contributed by atoms with Crippen LogP contribution in [0.5, 0.6) is 0 Å². The summed E-state index contributed by atoms with van der Waals surface area (Å²) in [5.41, 5.74) is 1.53. The van der Waals surface area contributed by atoms with E-state index < -0.39 is 44.3 Å². The van der Waals surface area contributed by atoms with Crippen LogP contribution < -0.4 is 0 Å². The molecule has 0 unspecified atom stereocenters. The van der Waals surface area contributed by atoms with Crippen LogP contribution in [0.15, 0.2) is 49.1 Å². The smallest absolute Gasteiger partial charge is 0.170 e. The Bertz CT molecular complexity index is 1490. The lowest BCUT2D eigenvalue weighted by Crippen LogP contribution is -2.30. The molecule has 0 aliphatic heterocycles. The van der Waals surface area contributed by atoms with Gasteiger partial charge in [0, 0.05) is 37.0 Å². The molecule has 0 saturated carbocycles. The third-order valence-electron chi connectivity index (χ3n) is 5.75. The lowest BCUT2D eigenvalue weighted by atomic mass is 10.2. The van der Waals surface area contributed by atoms with E-state index in [1.807, 2.05) is 6.92 Å². The minimum atomic E-state index is -4.02. The minimum Gasteiger partial charge on any atom is -0.369 e. The Labute approximate surface area is 213 Å². The van der Waals surface area contributed by atoms with E-state index in [4.69, 9.17) is 4.74 Å². The molecule has 0 radical (unpaired) electrons. The molecule has 4 aromatic rings. The third-order valence-corrected chi connectivity index (χ3v) is 7.79. The zero-order chi connectivity index (χ0) is 26.7. The van der Waals surface area contributed by atoms with Crippen LogP contribution in [-0.2, 0) is 20.3 Å². The van der Waals surface area contributed by atoms with Gasteiger partial charge in [-0.1, -0.05) is 6.07 Å². The van der Waals surface area contributed by atoms with Crippen LogP contribution in [0.25, 0.3) is 17.1 Å². The number of sulfone groups is 1. The SMILES string of the molecule is CCO[C@H](c1ncc(C)cn1)[C@H](C)S(=O)(=O)Cc1nnc(-c2cncc(C)c2)n1-c1c(F)cccc1F. The molecule has 0 bridgehead atoms. The highest BCUT2D eigenvalue weighted by Crippen LogP contribution is 2.30. The summed E-state index contributed by atoms with van der Waals surface area (Å²) in [6.07, 6.45) is 5.27. The molecule has 0 spiro atoms. The Morgan fingerprint density at radius 1 is 1.00 bits per heavy atom. The fraction of sp³-hybridized carbons (Fsp3) is 0.320. The molecule has 0 aliphatic carbocycles. The van der Waals surface area contributed by atoms with Crippen molar-refractivity contribution in [2.24, 2.45) is 0 Å². The molecular weight excluding hydrogens is 502 g/mol. The summed E-state index contributed by atoms with van der Waals surface area (Å²) in [6, 6.07) is 5.10. The molecule has 3 aromatic heterocycles. The molecular formula is C25H26F2N6O3S. The van der Waals surface area contributed by atoms with Crippen molar-refractivity contribution in [3.8, 4) is 17.1 Å². The predicted octanol–water partition coefficient (Wildman–Crippen LogP) is 4.10. The number of aromatic nitrogens is 6. The first kappa shape index (κ1) is 26.4. The lowest BCUT2D eigenvalue weighted by Gasteiger charge is -2.23. The summed E-state index contributed by atoms with van der Waals surface area (Å²) in [6.45, 7) is 7.06. The third kappa shape index (κ3) is 5.54. The molecule has 37 heavy (non-hydrogen) atoms. The van der Waals surface area contributed by atoms with Gasteiger partial charge in [-0.05, 0) is 57.0 Å². The Kier molecular flexibility index (Phi) is 7.69. The Morgan fingerprint density at radius 3 is 2.30 bits per heavy atom. The van der Waals surface area contributed by atoms with Crippen molar-refractivity contribution >= 4 is 9.84 Å². The van der Waals surface area contributed by atoms with Gasteiger partial charge in [0.05, 0.1) is 5.25 Å². The van der Waals surface area contributed by atoms with Gasteiger partial charge in [0.15, 0.2) is 27.3 Å². The molecule has 0 aliphatic rings. The first-order valence-corrected chi connectivity index (χ1v) is 13.3. The van der Waals surface area contributed by atoms with Crippen LogP contribution >= 0.6 is 0 Å². The van der Waals surface area contributed by atoms with Crippen molar-refractivity contribution in [3.63, 3.8) is 0 Å². The molecule has 4 rings (SSSR count). The zero-order valence-corrected chi connectivity index (χ0v) is 21.6. The summed E-state index contributed by atoms with van der Waals surface area (Å²) >= 11 is 0. The quantitative estimate of drug-likeness (QED) is 0.319. The molecule has 2 atom stereocenters. The van der Waals surface area contributed by atoms with Gasteiger partial charge in [-0.15, -0.1) is 10.2 Å². The van der Waals surface area contributed by atoms with Crippen molar-refractivity contribution in [1.82, 2.24) is 29.7 Å². The second-order valence-corrected chi connectivity index (χ2v) is 11.0. The maximum Gasteiger partial charge on any atom is 0.170 e. The van der Waals surface area contributed by atoms with E-state index in [0.717, 1.165) is 27.8 Å². The van der Waals surface area contributed by atoms with Crippen LogP contribution in [0.3, 0.4) is 0 Å². The number of benzene rings is 1. The number of rotatable bonds is 9. The summed E-state index contributed by atoms with van der Waals surface area (Å²) in [5.74, 6) is -2.34. The van der Waals surface area contributed by atoms with Crippen molar-refractivity contribution in [2.75, 3.05) is 6.61 Å². The first-order chi connectivity index (χ1) is 17.6. The number of halogens is 2. The Morgan fingerprint density at radius 2 is 1.68 bits per heavy atom. The average molecular weight is 529 g/mol. The molecule has 12 heteroatoms. The van der Waals surface area contributed by atoms with E-state index in [-0.39, 0.29) is 24.1 Å². The second-order valence-electron chi connectivity index (χ2n) is 8.60. The average Bonchev–Trinajstić information content (AvgIpc) is 3.25. The highest BCUT2D eigenvalue weighted by molar-refractivity contribution is 7.91. The van der Waals surface area contributed by atoms with E-state index in [9.17, 15) is 17.2 Å². The second kappa shape index (κ2) is 10.8. The predicted molar refractivity (Wildman–Crippen MR) is 132 cm³/mol. The van der Waals surface area contributed by atoms with Gasteiger partial charge >= 0.3 is 0 Å². The highest BCUT2D eigenvalue weighted by Gasteiger charge is 2.35. The largest absolute Gasteiger partial charge is 0.369 e. The van der Waals surface area contributed by atoms with Gasteiger partial charge in [-0.25, -0.2) is 27.2 Å². The normalized spacial score (nSPS) is 13.5. The number of pyridine rings is 1. The molecule has 0 amide bonds. The molecule has 3 heterocycles. The van der Waals surface area contributed by atoms with Gasteiger partial charge in [0.25, 0.3) is 0 Å². The minimum absolute atomic E-state index is 0.0567. The summed E-state index contributed by atoms with van der Waals surface area (Å²) < 4.78 is 63.8. The maximum atomic E-state index is 14.9. The van der Waals surface area contributed by atoms with E-state index in [0.29, 0.717) is 5.56 Å². The van der Waals surface area contributed by atoms with Crippen LogP contribution in [0.4, 0.5) is 8.78 Å². The van der Waals surface area contributed by atoms with Crippen LogP contribution in [-0.4, -0.2) is 50.0 Å². The molecule has 0 N–H and O–H groups in total. The topological polar surface area (TPSA) is 113 Å². The molecule has 1 aromatic carbocycles. The molecule has 0 saturated heterocycles. The number of hydrogen-bond donors (Lipinski definition) is 0. The summed E-state index contributed by atoms with van der Waals surface area (Å²) in [7, 11) is -4.02. The number of para-hydroxylation sites is 1. The van der Waals surface area contributed by atoms with Crippen molar-refractivity contribution in [2.45, 2.75) is 44.8 Å². The van der Waals surface area contributed by atoms with Gasteiger partial charge in [-0.3, -0.25) is 9.55 Å².